The molecule has 1 aliphatic rings. The summed E-state index contributed by atoms with van der Waals surface area (Å²) in [6, 6.07) is 22.6. The Morgan fingerprint density at radius 1 is 0.905 bits per heavy atom. The smallest absolute Gasteiger partial charge is 0.339 e. The first-order valence-corrected chi connectivity index (χ1v) is 14.4. The van der Waals surface area contributed by atoms with Gasteiger partial charge >= 0.3 is 5.97 Å². The second-order valence-corrected chi connectivity index (χ2v) is 10.6. The number of hydrogen-bond acceptors (Lipinski definition) is 7. The molecule has 1 fully saturated rings. The van der Waals surface area contributed by atoms with Crippen molar-refractivity contribution < 1.29 is 33.3 Å². The van der Waals surface area contributed by atoms with Crippen LogP contribution in [0.4, 0.5) is 0 Å². The number of oxazole rings is 1. The van der Waals surface area contributed by atoms with Crippen molar-refractivity contribution >= 4 is 5.97 Å². The van der Waals surface area contributed by atoms with Crippen LogP contribution in [-0.2, 0) is 22.7 Å². The van der Waals surface area contributed by atoms with Gasteiger partial charge in [0.25, 0.3) is 0 Å². The van der Waals surface area contributed by atoms with Crippen LogP contribution in [0.1, 0.15) is 58.6 Å². The minimum absolute atomic E-state index is 0.0492. The molecular weight excluding hydrogens is 534 g/mol. The van der Waals surface area contributed by atoms with E-state index in [1.165, 1.54) is 6.07 Å². The van der Waals surface area contributed by atoms with E-state index in [-0.39, 0.29) is 30.1 Å². The molecule has 0 saturated heterocycles. The van der Waals surface area contributed by atoms with Crippen LogP contribution in [-0.4, -0.2) is 41.5 Å². The summed E-state index contributed by atoms with van der Waals surface area (Å²) < 4.78 is 29.9. The van der Waals surface area contributed by atoms with Gasteiger partial charge in [-0.1, -0.05) is 48.0 Å². The summed E-state index contributed by atoms with van der Waals surface area (Å²) in [7, 11) is 0. The summed E-state index contributed by atoms with van der Waals surface area (Å²) >= 11 is 0. The molecule has 1 aromatic heterocycles. The third kappa shape index (κ3) is 7.99. The molecule has 0 bridgehead atoms. The zero-order valence-electron chi connectivity index (χ0n) is 24.1. The summed E-state index contributed by atoms with van der Waals surface area (Å²) in [6.45, 7) is 5.30. The van der Waals surface area contributed by atoms with Crippen molar-refractivity contribution in [3.05, 3.63) is 101 Å². The highest BCUT2D eigenvalue weighted by Gasteiger charge is 2.24. The predicted molar refractivity (Wildman–Crippen MR) is 158 cm³/mol. The standard InChI is InChI=1S/C34H37NO7/c1-23-8-6-11-26(18-23)33-35-31(24(2)42-33)22-41-28-13-7-12-27(19-28)38-16-17-39-32-20-29(14-15-30(32)34(36)37)40-21-25-9-4-3-5-10-25/h3-6,8-11,14-15,18,20,27-28H,7,12-13,16-17,19,21-22H2,1-2H3,(H,36,37). The first-order chi connectivity index (χ1) is 20.4. The maximum Gasteiger partial charge on any atom is 0.339 e. The first kappa shape index (κ1) is 29.4. The Balaban J connectivity index is 1.08. The molecule has 42 heavy (non-hydrogen) atoms. The van der Waals surface area contributed by atoms with Crippen LogP contribution in [0, 0.1) is 13.8 Å². The zero-order chi connectivity index (χ0) is 29.3. The number of rotatable bonds is 13. The molecule has 0 aliphatic heterocycles. The molecule has 1 aliphatic carbocycles. The minimum Gasteiger partial charge on any atom is -0.490 e. The molecule has 1 saturated carbocycles. The maximum absolute atomic E-state index is 11.7. The molecule has 1 N–H and O–H groups in total. The van der Waals surface area contributed by atoms with Gasteiger partial charge in [0.1, 0.15) is 41.7 Å². The highest BCUT2D eigenvalue weighted by atomic mass is 16.5. The second-order valence-electron chi connectivity index (χ2n) is 10.6. The first-order valence-electron chi connectivity index (χ1n) is 14.4. The molecule has 2 atom stereocenters. The predicted octanol–water partition coefficient (Wildman–Crippen LogP) is 7.16. The maximum atomic E-state index is 11.7. The van der Waals surface area contributed by atoms with Crippen molar-refractivity contribution in [3.63, 3.8) is 0 Å². The fourth-order valence-electron chi connectivity index (χ4n) is 5.06. The Kier molecular flexibility index (Phi) is 9.90. The average Bonchev–Trinajstić information content (AvgIpc) is 3.38. The normalized spacial score (nSPS) is 16.7. The lowest BCUT2D eigenvalue weighted by atomic mass is 9.95. The molecule has 4 aromatic rings. The highest BCUT2D eigenvalue weighted by molar-refractivity contribution is 5.91. The largest absolute Gasteiger partial charge is 0.490 e. The monoisotopic (exact) mass is 571 g/mol. The van der Waals surface area contributed by atoms with E-state index in [9.17, 15) is 9.90 Å². The lowest BCUT2D eigenvalue weighted by Gasteiger charge is -2.29. The second kappa shape index (κ2) is 14.2. The van der Waals surface area contributed by atoms with Crippen molar-refractivity contribution in [2.45, 2.75) is 65.0 Å². The summed E-state index contributed by atoms with van der Waals surface area (Å²) in [4.78, 5) is 16.4. The van der Waals surface area contributed by atoms with Crippen molar-refractivity contribution in [3.8, 4) is 23.0 Å². The van der Waals surface area contributed by atoms with Crippen molar-refractivity contribution in [2.24, 2.45) is 0 Å². The van der Waals surface area contributed by atoms with Gasteiger partial charge in [-0.3, -0.25) is 0 Å². The van der Waals surface area contributed by atoms with E-state index in [2.05, 4.69) is 11.1 Å². The number of benzene rings is 3. The fourth-order valence-corrected chi connectivity index (χ4v) is 5.06. The van der Waals surface area contributed by atoms with Gasteiger partial charge < -0.3 is 28.5 Å². The number of carboxylic acids is 1. The van der Waals surface area contributed by atoms with E-state index in [0.717, 1.165) is 53.8 Å². The summed E-state index contributed by atoms with van der Waals surface area (Å²) in [5.74, 6) is 1.12. The summed E-state index contributed by atoms with van der Waals surface area (Å²) in [5, 5.41) is 9.60. The van der Waals surface area contributed by atoms with Gasteiger partial charge in [-0.2, -0.15) is 0 Å². The molecule has 5 rings (SSSR count). The topological polar surface area (TPSA) is 100 Å². The van der Waals surface area contributed by atoms with Crippen LogP contribution in [0.3, 0.4) is 0 Å². The highest BCUT2D eigenvalue weighted by Crippen LogP contribution is 2.28. The number of nitrogens with zero attached hydrogens (tertiary/aromatic N) is 1. The average molecular weight is 572 g/mol. The van der Waals surface area contributed by atoms with Crippen LogP contribution < -0.4 is 9.47 Å². The Bertz CT molecular complexity index is 1470. The molecule has 0 radical (unpaired) electrons. The Hall–Kier alpha value is -4.14. The van der Waals surface area contributed by atoms with Crippen LogP contribution in [0.5, 0.6) is 11.5 Å². The van der Waals surface area contributed by atoms with Crippen molar-refractivity contribution in [2.75, 3.05) is 13.2 Å². The van der Waals surface area contributed by atoms with E-state index in [1.54, 1.807) is 12.1 Å². The number of hydrogen-bond donors (Lipinski definition) is 1. The van der Waals surface area contributed by atoms with E-state index >= 15 is 0 Å². The van der Waals surface area contributed by atoms with Gasteiger partial charge in [-0.15, -0.1) is 0 Å². The van der Waals surface area contributed by atoms with E-state index in [1.807, 2.05) is 62.4 Å². The number of carboxylic acid groups (broad SMARTS) is 1. The molecule has 8 heteroatoms. The van der Waals surface area contributed by atoms with Gasteiger partial charge in [-0.05, 0) is 69.4 Å². The Morgan fingerprint density at radius 3 is 2.50 bits per heavy atom. The van der Waals surface area contributed by atoms with Crippen LogP contribution in [0.15, 0.2) is 77.2 Å². The van der Waals surface area contributed by atoms with E-state index in [4.69, 9.17) is 23.4 Å². The molecular formula is C34H37NO7. The number of aromatic nitrogens is 1. The molecule has 0 amide bonds. The SMILES string of the molecule is Cc1cccc(-c2nc(COC3CCCC(OCCOc4cc(OCc5ccccc5)ccc4C(=O)O)C3)c(C)o2)c1. The van der Waals surface area contributed by atoms with Gasteiger partial charge in [0.15, 0.2) is 0 Å². The van der Waals surface area contributed by atoms with Crippen LogP contribution in [0.25, 0.3) is 11.5 Å². The number of ether oxygens (including phenoxy) is 4. The molecule has 8 nitrogen and oxygen atoms in total. The third-order valence-electron chi connectivity index (χ3n) is 7.32. The van der Waals surface area contributed by atoms with Crippen LogP contribution in [0.2, 0.25) is 0 Å². The van der Waals surface area contributed by atoms with Gasteiger partial charge in [-0.25, -0.2) is 9.78 Å². The van der Waals surface area contributed by atoms with E-state index in [0.29, 0.717) is 31.5 Å². The molecule has 2 unspecified atom stereocenters. The lowest BCUT2D eigenvalue weighted by Crippen LogP contribution is -2.29. The van der Waals surface area contributed by atoms with Crippen molar-refractivity contribution in [1.29, 1.82) is 0 Å². The van der Waals surface area contributed by atoms with Gasteiger partial charge in [0.2, 0.25) is 5.89 Å². The molecule has 1 heterocycles. The number of aryl methyl sites for hydroxylation is 2. The fraction of sp³-hybridized carbons (Fsp3) is 0.353. The summed E-state index contributed by atoms with van der Waals surface area (Å²) in [5.41, 5.74) is 4.03. The van der Waals surface area contributed by atoms with E-state index < -0.39 is 5.97 Å². The third-order valence-corrected chi connectivity index (χ3v) is 7.32. The van der Waals surface area contributed by atoms with Gasteiger partial charge in [0.05, 0.1) is 25.4 Å². The lowest BCUT2D eigenvalue weighted by molar-refractivity contribution is -0.0556. The Morgan fingerprint density at radius 2 is 1.71 bits per heavy atom. The quantitative estimate of drug-likeness (QED) is 0.169. The van der Waals surface area contributed by atoms with Crippen LogP contribution >= 0.6 is 0 Å². The Labute approximate surface area is 246 Å². The summed E-state index contributed by atoms with van der Waals surface area (Å²) in [6.07, 6.45) is 3.82. The minimum atomic E-state index is -1.05. The van der Waals surface area contributed by atoms with Gasteiger partial charge in [0, 0.05) is 11.6 Å². The molecule has 0 spiro atoms. The zero-order valence-corrected chi connectivity index (χ0v) is 24.1. The number of carbonyl (C=O) groups is 1. The molecule has 220 valence electrons. The number of aromatic carboxylic acids is 1. The molecule has 3 aromatic carbocycles. The van der Waals surface area contributed by atoms with Crippen molar-refractivity contribution in [1.82, 2.24) is 4.98 Å².